The molecule has 0 heterocycles. The number of carbonyl (C=O) groups is 2. The van der Waals surface area contributed by atoms with Crippen molar-refractivity contribution in [1.82, 2.24) is 10.6 Å². The molecule has 0 fully saturated rings. The van der Waals surface area contributed by atoms with Gasteiger partial charge in [0.2, 0.25) is 5.91 Å². The average molecular weight is 241 g/mol. The normalized spacial score (nSPS) is 11.5. The number of nitrogens with one attached hydrogen (secondary N) is 2. The summed E-state index contributed by atoms with van der Waals surface area (Å²) < 4.78 is 0. The van der Waals surface area contributed by atoms with E-state index in [4.69, 9.17) is 10.4 Å². The summed E-state index contributed by atoms with van der Waals surface area (Å²) in [6, 6.07) is 1.82. The van der Waals surface area contributed by atoms with Gasteiger partial charge in [0, 0.05) is 6.42 Å². The number of carboxylic acid groups (broad SMARTS) is 1. The Morgan fingerprint density at radius 2 is 2.12 bits per heavy atom. The molecule has 17 heavy (non-hydrogen) atoms. The van der Waals surface area contributed by atoms with E-state index in [-0.39, 0.29) is 25.4 Å². The second kappa shape index (κ2) is 9.60. The highest BCUT2D eigenvalue weighted by molar-refractivity contribution is 5.78. The van der Waals surface area contributed by atoms with Crippen molar-refractivity contribution in [2.24, 2.45) is 5.92 Å². The Morgan fingerprint density at radius 1 is 1.41 bits per heavy atom. The zero-order chi connectivity index (χ0) is 13.1. The molecule has 0 aromatic rings. The fraction of sp³-hybridized carbons (Fsp3) is 0.727. The third kappa shape index (κ3) is 10.7. The fourth-order valence-corrected chi connectivity index (χ4v) is 1.27. The van der Waals surface area contributed by atoms with E-state index in [0.717, 1.165) is 6.42 Å². The number of amides is 1. The van der Waals surface area contributed by atoms with E-state index >= 15 is 0 Å². The Bertz CT molecular complexity index is 286. The molecular formula is C11H19N3O3. The number of rotatable bonds is 9. The zero-order valence-corrected chi connectivity index (χ0v) is 10.0. The third-order valence-electron chi connectivity index (χ3n) is 2.32. The molecule has 0 aromatic heterocycles. The molecule has 1 amide bonds. The number of aliphatic carboxylic acids is 1. The van der Waals surface area contributed by atoms with Crippen LogP contribution >= 0.6 is 0 Å². The van der Waals surface area contributed by atoms with E-state index in [1.807, 2.05) is 13.0 Å². The van der Waals surface area contributed by atoms with Gasteiger partial charge in [0.15, 0.2) is 0 Å². The molecule has 6 heteroatoms. The first kappa shape index (κ1) is 15.4. The van der Waals surface area contributed by atoms with Gasteiger partial charge in [-0.25, -0.2) is 0 Å². The molecule has 0 spiro atoms. The standard InChI is InChI=1S/C11H19N3O3/c1-9(2-3-11(16)17)4-6-13-8-10(15)14-7-5-12/h9,13H,2-4,6-8H2,1H3,(H,14,15)(H,16,17). The van der Waals surface area contributed by atoms with Gasteiger partial charge in [0.05, 0.1) is 12.6 Å². The predicted molar refractivity (Wildman–Crippen MR) is 62.1 cm³/mol. The smallest absolute Gasteiger partial charge is 0.303 e. The van der Waals surface area contributed by atoms with E-state index in [0.29, 0.717) is 18.9 Å². The largest absolute Gasteiger partial charge is 0.481 e. The highest BCUT2D eigenvalue weighted by atomic mass is 16.4. The van der Waals surface area contributed by atoms with Crippen molar-refractivity contribution in [2.45, 2.75) is 26.2 Å². The number of hydrogen-bond acceptors (Lipinski definition) is 4. The summed E-state index contributed by atoms with van der Waals surface area (Å²) >= 11 is 0. The van der Waals surface area contributed by atoms with Crippen molar-refractivity contribution in [1.29, 1.82) is 5.26 Å². The highest BCUT2D eigenvalue weighted by Gasteiger charge is 2.05. The van der Waals surface area contributed by atoms with Crippen LogP contribution in [0.3, 0.4) is 0 Å². The van der Waals surface area contributed by atoms with Crippen LogP contribution in [-0.4, -0.2) is 36.6 Å². The fourth-order valence-electron chi connectivity index (χ4n) is 1.27. The van der Waals surface area contributed by atoms with Crippen molar-refractivity contribution in [2.75, 3.05) is 19.6 Å². The molecule has 0 aliphatic rings. The molecule has 0 saturated heterocycles. The lowest BCUT2D eigenvalue weighted by Gasteiger charge is -2.10. The summed E-state index contributed by atoms with van der Waals surface area (Å²) in [4.78, 5) is 21.4. The number of hydrogen-bond donors (Lipinski definition) is 3. The lowest BCUT2D eigenvalue weighted by Crippen LogP contribution is -2.34. The number of carboxylic acids is 1. The maximum absolute atomic E-state index is 11.1. The van der Waals surface area contributed by atoms with Gasteiger partial charge in [-0.2, -0.15) is 5.26 Å². The first-order valence-electron chi connectivity index (χ1n) is 5.62. The second-order valence-electron chi connectivity index (χ2n) is 3.94. The average Bonchev–Trinajstić information content (AvgIpc) is 2.29. The Kier molecular flexibility index (Phi) is 8.69. The molecule has 1 unspecified atom stereocenters. The molecule has 0 aliphatic carbocycles. The Hall–Kier alpha value is -1.61. The molecule has 0 saturated carbocycles. The molecule has 3 N–H and O–H groups in total. The zero-order valence-electron chi connectivity index (χ0n) is 10.0. The SMILES string of the molecule is CC(CCNCC(=O)NCC#N)CCC(=O)O. The van der Waals surface area contributed by atoms with E-state index in [1.54, 1.807) is 0 Å². The van der Waals surface area contributed by atoms with Crippen LogP contribution < -0.4 is 10.6 Å². The van der Waals surface area contributed by atoms with Crippen LogP contribution in [0.4, 0.5) is 0 Å². The minimum absolute atomic E-state index is 0.0233. The summed E-state index contributed by atoms with van der Waals surface area (Å²) in [5.41, 5.74) is 0. The van der Waals surface area contributed by atoms with E-state index in [9.17, 15) is 9.59 Å². The molecule has 0 aliphatic heterocycles. The van der Waals surface area contributed by atoms with Crippen LogP contribution in [0.25, 0.3) is 0 Å². The summed E-state index contributed by atoms with van der Waals surface area (Å²) in [5.74, 6) is -0.661. The topological polar surface area (TPSA) is 102 Å². The monoisotopic (exact) mass is 241 g/mol. The van der Waals surface area contributed by atoms with Crippen LogP contribution in [0.15, 0.2) is 0 Å². The minimum atomic E-state index is -0.777. The van der Waals surface area contributed by atoms with Gasteiger partial charge in [-0.05, 0) is 25.3 Å². The lowest BCUT2D eigenvalue weighted by molar-refractivity contribution is -0.137. The first-order valence-corrected chi connectivity index (χ1v) is 5.62. The Labute approximate surface area is 101 Å². The summed E-state index contributed by atoms with van der Waals surface area (Å²) in [5, 5.41) is 22.1. The summed E-state index contributed by atoms with van der Waals surface area (Å²) in [7, 11) is 0. The van der Waals surface area contributed by atoms with Gasteiger partial charge in [-0.1, -0.05) is 6.92 Å². The molecule has 1 atom stereocenters. The van der Waals surface area contributed by atoms with E-state index in [2.05, 4.69) is 10.6 Å². The van der Waals surface area contributed by atoms with E-state index < -0.39 is 5.97 Å². The van der Waals surface area contributed by atoms with Crippen molar-refractivity contribution in [3.8, 4) is 6.07 Å². The quantitative estimate of drug-likeness (QED) is 0.392. The molecule has 0 bridgehead atoms. The molecular weight excluding hydrogens is 222 g/mol. The molecule has 0 rings (SSSR count). The van der Waals surface area contributed by atoms with Crippen molar-refractivity contribution >= 4 is 11.9 Å². The van der Waals surface area contributed by atoms with Gasteiger partial charge < -0.3 is 15.7 Å². The first-order chi connectivity index (χ1) is 8.06. The van der Waals surface area contributed by atoms with Gasteiger partial charge in [0.1, 0.15) is 6.54 Å². The Morgan fingerprint density at radius 3 is 2.71 bits per heavy atom. The molecule has 96 valence electrons. The van der Waals surface area contributed by atoms with Crippen molar-refractivity contribution in [3.63, 3.8) is 0 Å². The second-order valence-corrected chi connectivity index (χ2v) is 3.94. The third-order valence-corrected chi connectivity index (χ3v) is 2.32. The minimum Gasteiger partial charge on any atom is -0.481 e. The highest BCUT2D eigenvalue weighted by Crippen LogP contribution is 2.08. The van der Waals surface area contributed by atoms with Gasteiger partial charge in [-0.15, -0.1) is 0 Å². The van der Waals surface area contributed by atoms with Crippen LogP contribution in [0.2, 0.25) is 0 Å². The summed E-state index contributed by atoms with van der Waals surface area (Å²) in [6.07, 6.45) is 1.67. The summed E-state index contributed by atoms with van der Waals surface area (Å²) in [6.45, 7) is 2.87. The predicted octanol–water partition coefficient (Wildman–Crippen LogP) is 0.107. The maximum atomic E-state index is 11.1. The van der Waals surface area contributed by atoms with E-state index in [1.165, 1.54) is 0 Å². The Balaban J connectivity index is 3.41. The number of nitriles is 1. The van der Waals surface area contributed by atoms with Crippen molar-refractivity contribution < 1.29 is 14.7 Å². The molecule has 0 aromatic carbocycles. The van der Waals surface area contributed by atoms with Crippen molar-refractivity contribution in [3.05, 3.63) is 0 Å². The van der Waals surface area contributed by atoms with Gasteiger partial charge in [0.25, 0.3) is 0 Å². The van der Waals surface area contributed by atoms with Crippen LogP contribution in [-0.2, 0) is 9.59 Å². The number of nitrogens with zero attached hydrogens (tertiary/aromatic N) is 1. The number of carbonyl (C=O) groups excluding carboxylic acids is 1. The van der Waals surface area contributed by atoms with Crippen LogP contribution in [0.1, 0.15) is 26.2 Å². The van der Waals surface area contributed by atoms with Gasteiger partial charge >= 0.3 is 5.97 Å². The molecule has 0 radical (unpaired) electrons. The lowest BCUT2D eigenvalue weighted by atomic mass is 10.0. The molecule has 6 nitrogen and oxygen atoms in total. The maximum Gasteiger partial charge on any atom is 0.303 e. The van der Waals surface area contributed by atoms with Crippen LogP contribution in [0, 0.1) is 17.2 Å². The van der Waals surface area contributed by atoms with Crippen LogP contribution in [0.5, 0.6) is 0 Å². The van der Waals surface area contributed by atoms with Gasteiger partial charge in [-0.3, -0.25) is 9.59 Å².